The zero-order valence-electron chi connectivity index (χ0n) is 7.36. The highest BCUT2D eigenvalue weighted by Gasteiger charge is 2.25. The number of hydrogen-bond donors (Lipinski definition) is 2. The molecule has 2 heteroatoms. The van der Waals surface area contributed by atoms with Crippen LogP contribution in [-0.4, -0.2) is 10.2 Å². The number of aliphatic hydroxyl groups is 2. The van der Waals surface area contributed by atoms with Gasteiger partial charge in [0.15, 0.2) is 0 Å². The number of rotatable bonds is 0. The van der Waals surface area contributed by atoms with Crippen LogP contribution in [0.3, 0.4) is 0 Å². The van der Waals surface area contributed by atoms with E-state index in [1.807, 2.05) is 25.1 Å². The van der Waals surface area contributed by atoms with E-state index in [9.17, 15) is 10.2 Å². The van der Waals surface area contributed by atoms with Gasteiger partial charge in [-0.1, -0.05) is 31.2 Å². The molecule has 0 fully saturated rings. The van der Waals surface area contributed by atoms with E-state index in [1.165, 1.54) is 0 Å². The molecule has 1 atom stereocenters. The Labute approximate surface area is 77.1 Å². The molecule has 0 amide bonds. The highest BCUT2D eigenvalue weighted by molar-refractivity contribution is 5.67. The largest absolute Gasteiger partial charge is 0.508 e. The van der Waals surface area contributed by atoms with E-state index in [-0.39, 0.29) is 11.7 Å². The molecule has 0 aromatic heterocycles. The van der Waals surface area contributed by atoms with Crippen molar-refractivity contribution in [3.8, 4) is 0 Å². The van der Waals surface area contributed by atoms with Gasteiger partial charge in [-0.15, -0.1) is 0 Å². The lowest BCUT2D eigenvalue weighted by atomic mass is 9.87. The smallest absolute Gasteiger partial charge is 0.130 e. The molecule has 0 aliphatic heterocycles. The number of hydrogen-bond acceptors (Lipinski definition) is 2. The van der Waals surface area contributed by atoms with E-state index in [1.54, 1.807) is 12.1 Å². The lowest BCUT2D eigenvalue weighted by molar-refractivity contribution is 0.282. The molecule has 1 aliphatic rings. The molecule has 0 saturated heterocycles. The van der Waals surface area contributed by atoms with Crippen molar-refractivity contribution in [1.29, 1.82) is 0 Å². The van der Waals surface area contributed by atoms with E-state index in [4.69, 9.17) is 0 Å². The second kappa shape index (κ2) is 2.89. The molecule has 1 radical (unpaired) electrons. The maximum Gasteiger partial charge on any atom is 0.130 e. The Morgan fingerprint density at radius 2 is 1.69 bits per heavy atom. The molecule has 67 valence electrons. The van der Waals surface area contributed by atoms with Gasteiger partial charge in [-0.2, -0.15) is 0 Å². The minimum absolute atomic E-state index is 0.102. The van der Waals surface area contributed by atoms with Crippen molar-refractivity contribution in [1.82, 2.24) is 0 Å². The Morgan fingerprint density at radius 1 is 1.08 bits per heavy atom. The van der Waals surface area contributed by atoms with Crippen LogP contribution >= 0.6 is 0 Å². The Kier molecular flexibility index (Phi) is 1.85. The predicted octanol–water partition coefficient (Wildman–Crippen LogP) is 2.49. The molecule has 0 saturated carbocycles. The van der Waals surface area contributed by atoms with E-state index in [0.29, 0.717) is 11.7 Å². The van der Waals surface area contributed by atoms with Crippen LogP contribution in [-0.2, 0) is 0 Å². The van der Waals surface area contributed by atoms with Crippen LogP contribution in [0, 0.1) is 12.0 Å². The van der Waals surface area contributed by atoms with Gasteiger partial charge in [-0.3, -0.25) is 0 Å². The summed E-state index contributed by atoms with van der Waals surface area (Å²) in [6.07, 6.45) is 1.98. The summed E-state index contributed by atoms with van der Waals surface area (Å²) in [4.78, 5) is 0. The standard InChI is InChI=1S/C11H11O2/c1-7-6-10(12)8-4-2-3-5-9(8)11(7)13/h2-7,12-13H,1H3. The lowest BCUT2D eigenvalue weighted by Gasteiger charge is -2.23. The third-order valence-electron chi connectivity index (χ3n) is 2.32. The number of fused-ring (bicyclic) bond motifs is 1. The zero-order valence-corrected chi connectivity index (χ0v) is 7.36. The van der Waals surface area contributed by atoms with Crippen molar-refractivity contribution >= 4 is 5.76 Å². The maximum absolute atomic E-state index is 9.71. The summed E-state index contributed by atoms with van der Waals surface area (Å²) in [5.41, 5.74) is 1.44. The molecule has 2 N–H and O–H groups in total. The monoisotopic (exact) mass is 175 g/mol. The maximum atomic E-state index is 9.71. The van der Waals surface area contributed by atoms with Gasteiger partial charge in [-0.05, 0) is 11.6 Å². The van der Waals surface area contributed by atoms with Crippen LogP contribution in [0.1, 0.15) is 18.1 Å². The van der Waals surface area contributed by atoms with Gasteiger partial charge in [0.25, 0.3) is 0 Å². The molecule has 0 spiro atoms. The number of aliphatic hydroxyl groups excluding tert-OH is 2. The quantitative estimate of drug-likeness (QED) is 0.636. The Hall–Kier alpha value is -1.28. The van der Waals surface area contributed by atoms with Crippen molar-refractivity contribution < 1.29 is 10.2 Å². The van der Waals surface area contributed by atoms with Crippen molar-refractivity contribution in [3.05, 3.63) is 47.6 Å². The first kappa shape index (κ1) is 8.32. The van der Waals surface area contributed by atoms with E-state index < -0.39 is 0 Å². The first-order valence-corrected chi connectivity index (χ1v) is 4.26. The average molecular weight is 175 g/mol. The molecule has 1 aromatic rings. The summed E-state index contributed by atoms with van der Waals surface area (Å²) in [5.74, 6) is 0.149. The summed E-state index contributed by atoms with van der Waals surface area (Å²) in [6.45, 7) is 1.85. The van der Waals surface area contributed by atoms with Crippen molar-refractivity contribution in [2.75, 3.05) is 0 Å². The summed E-state index contributed by atoms with van der Waals surface area (Å²) < 4.78 is 0. The molecule has 2 nitrogen and oxygen atoms in total. The van der Waals surface area contributed by atoms with Gasteiger partial charge >= 0.3 is 0 Å². The first-order valence-electron chi connectivity index (χ1n) is 4.26. The normalized spacial score (nSPS) is 22.3. The van der Waals surface area contributed by atoms with E-state index >= 15 is 0 Å². The van der Waals surface area contributed by atoms with Crippen molar-refractivity contribution in [2.45, 2.75) is 6.92 Å². The van der Waals surface area contributed by atoms with Gasteiger partial charge in [0.2, 0.25) is 0 Å². The minimum Gasteiger partial charge on any atom is -0.508 e. The third-order valence-corrected chi connectivity index (χ3v) is 2.32. The fraction of sp³-hybridized carbons (Fsp3) is 0.182. The molecule has 1 aromatic carbocycles. The summed E-state index contributed by atoms with van der Waals surface area (Å²) in [6, 6.07) is 7.29. The molecule has 1 unspecified atom stereocenters. The third kappa shape index (κ3) is 1.23. The highest BCUT2D eigenvalue weighted by atomic mass is 16.3. The molecule has 2 rings (SSSR count). The molecular weight excluding hydrogens is 164 g/mol. The summed E-state index contributed by atoms with van der Waals surface area (Å²) >= 11 is 0. The lowest BCUT2D eigenvalue weighted by Crippen LogP contribution is -2.15. The second-order valence-electron chi connectivity index (χ2n) is 3.27. The van der Waals surface area contributed by atoms with Gasteiger partial charge in [0.1, 0.15) is 11.9 Å². The predicted molar refractivity (Wildman–Crippen MR) is 50.5 cm³/mol. The minimum atomic E-state index is -0.102. The average Bonchev–Trinajstić information content (AvgIpc) is 2.15. The van der Waals surface area contributed by atoms with E-state index in [0.717, 1.165) is 5.56 Å². The van der Waals surface area contributed by atoms with Gasteiger partial charge in [0.05, 0.1) is 0 Å². The second-order valence-corrected chi connectivity index (χ2v) is 3.27. The van der Waals surface area contributed by atoms with Gasteiger partial charge < -0.3 is 10.2 Å². The summed E-state index contributed by atoms with van der Waals surface area (Å²) in [7, 11) is 0. The summed E-state index contributed by atoms with van der Waals surface area (Å²) in [5, 5.41) is 19.3. The van der Waals surface area contributed by atoms with Crippen LogP contribution in [0.15, 0.2) is 30.3 Å². The molecule has 1 aliphatic carbocycles. The van der Waals surface area contributed by atoms with Gasteiger partial charge in [-0.25, -0.2) is 0 Å². The van der Waals surface area contributed by atoms with Crippen LogP contribution < -0.4 is 0 Å². The van der Waals surface area contributed by atoms with Crippen LogP contribution in [0.2, 0.25) is 0 Å². The first-order chi connectivity index (χ1) is 6.20. The Balaban J connectivity index is 2.58. The molecule has 13 heavy (non-hydrogen) atoms. The molecular formula is C11H11O2. The fourth-order valence-electron chi connectivity index (χ4n) is 1.58. The Morgan fingerprint density at radius 3 is 2.38 bits per heavy atom. The highest BCUT2D eigenvalue weighted by Crippen LogP contribution is 2.33. The fourth-order valence-corrected chi connectivity index (χ4v) is 1.58. The topological polar surface area (TPSA) is 40.5 Å². The SMILES string of the molecule is CC1C=C(O)c2ccccc2[C]1O. The van der Waals surface area contributed by atoms with Crippen LogP contribution in [0.5, 0.6) is 0 Å². The Bertz CT molecular complexity index is 355. The molecule has 0 heterocycles. The van der Waals surface area contributed by atoms with Crippen LogP contribution in [0.25, 0.3) is 5.76 Å². The molecule has 0 bridgehead atoms. The van der Waals surface area contributed by atoms with Crippen molar-refractivity contribution in [2.24, 2.45) is 5.92 Å². The van der Waals surface area contributed by atoms with E-state index in [2.05, 4.69) is 0 Å². The zero-order chi connectivity index (χ0) is 9.42. The number of benzene rings is 1. The van der Waals surface area contributed by atoms with Crippen molar-refractivity contribution in [3.63, 3.8) is 0 Å². The van der Waals surface area contributed by atoms with Gasteiger partial charge in [0, 0.05) is 11.5 Å². The van der Waals surface area contributed by atoms with Crippen LogP contribution in [0.4, 0.5) is 0 Å².